The van der Waals surface area contributed by atoms with Gasteiger partial charge in [0.05, 0.1) is 5.56 Å². The molecule has 26 heavy (non-hydrogen) atoms. The van der Waals surface area contributed by atoms with Gasteiger partial charge in [0.15, 0.2) is 23.0 Å². The molecule has 1 N–H and O–H groups in total. The maximum atomic E-state index is 13.8. The molecule has 10 heteroatoms. The highest BCUT2D eigenvalue weighted by Gasteiger charge is 2.19. The summed E-state index contributed by atoms with van der Waals surface area (Å²) in [4.78, 5) is 15.0. The predicted octanol–water partition coefficient (Wildman–Crippen LogP) is 4.46. The molecule has 3 rings (SSSR count). The summed E-state index contributed by atoms with van der Waals surface area (Å²) in [5, 5.41) is 8.82. The van der Waals surface area contributed by atoms with Gasteiger partial charge in [-0.25, -0.2) is 22.9 Å². The van der Waals surface area contributed by atoms with Crippen LogP contribution in [0.4, 0.5) is 18.0 Å². The van der Waals surface area contributed by atoms with E-state index >= 15 is 0 Å². The highest BCUT2D eigenvalue weighted by atomic mass is 79.9. The fourth-order valence-corrected chi connectivity index (χ4v) is 2.75. The summed E-state index contributed by atoms with van der Waals surface area (Å²) in [5.74, 6) is -3.46. The van der Waals surface area contributed by atoms with Crippen molar-refractivity contribution >= 4 is 27.7 Å². The number of fused-ring (bicyclic) bond motifs is 1. The summed E-state index contributed by atoms with van der Waals surface area (Å²) in [5.41, 5.74) is -0.147. The molecule has 0 fully saturated rings. The number of halogens is 4. The fraction of sp³-hybridized carbons (Fsp3) is 0.125. The Kier molecular flexibility index (Phi) is 4.77. The van der Waals surface area contributed by atoms with E-state index in [1.807, 2.05) is 0 Å². The Labute approximate surface area is 152 Å². The van der Waals surface area contributed by atoms with Crippen LogP contribution in [0.25, 0.3) is 5.65 Å². The second-order valence-corrected chi connectivity index (χ2v) is 6.11. The first-order valence-electron chi connectivity index (χ1n) is 7.12. The van der Waals surface area contributed by atoms with Gasteiger partial charge in [0, 0.05) is 10.7 Å². The molecule has 0 radical (unpaired) electrons. The monoisotopic (exact) mass is 430 g/mol. The third kappa shape index (κ3) is 3.32. The molecule has 0 bridgehead atoms. The number of aryl methyl sites for hydroxylation is 1. The molecule has 136 valence electrons. The topological polar surface area (TPSA) is 73.1 Å². The van der Waals surface area contributed by atoms with Crippen molar-refractivity contribution in [2.24, 2.45) is 0 Å². The number of nitrogens with zero attached hydrogens (tertiary/aromatic N) is 2. The molecule has 0 aliphatic heterocycles. The molecule has 2 aromatic heterocycles. The van der Waals surface area contributed by atoms with E-state index in [4.69, 9.17) is 14.6 Å². The van der Waals surface area contributed by atoms with Crippen LogP contribution >= 0.6 is 15.9 Å². The van der Waals surface area contributed by atoms with Crippen LogP contribution < -0.4 is 9.47 Å². The number of pyridine rings is 1. The van der Waals surface area contributed by atoms with E-state index in [1.54, 1.807) is 0 Å². The van der Waals surface area contributed by atoms with E-state index < -0.39 is 35.8 Å². The van der Waals surface area contributed by atoms with Crippen molar-refractivity contribution in [3.05, 3.63) is 57.6 Å². The number of imidazole rings is 1. The Hall–Kier alpha value is -2.75. The zero-order chi connectivity index (χ0) is 19.0. The van der Waals surface area contributed by atoms with E-state index in [0.717, 1.165) is 6.07 Å². The Bertz CT molecular complexity index is 1020. The van der Waals surface area contributed by atoms with Crippen LogP contribution in [0.1, 0.15) is 11.3 Å². The Morgan fingerprint density at radius 2 is 2.00 bits per heavy atom. The second kappa shape index (κ2) is 6.87. The SMILES string of the molecule is Cc1nc2c(OCc3c(F)ccc(F)c3F)cc(Br)cn2c1OC(=O)O. The van der Waals surface area contributed by atoms with Crippen molar-refractivity contribution in [2.75, 3.05) is 0 Å². The van der Waals surface area contributed by atoms with Crippen molar-refractivity contribution in [2.45, 2.75) is 13.5 Å². The molecule has 0 aliphatic carbocycles. The summed E-state index contributed by atoms with van der Waals surface area (Å²) >= 11 is 3.22. The van der Waals surface area contributed by atoms with Crippen LogP contribution in [-0.2, 0) is 6.61 Å². The summed E-state index contributed by atoms with van der Waals surface area (Å²) in [6, 6.07) is 2.95. The number of hydrogen-bond donors (Lipinski definition) is 1. The number of aromatic nitrogens is 2. The lowest BCUT2D eigenvalue weighted by Crippen LogP contribution is -2.07. The number of hydrogen-bond acceptors (Lipinski definition) is 4. The Morgan fingerprint density at radius 3 is 2.69 bits per heavy atom. The van der Waals surface area contributed by atoms with Crippen molar-refractivity contribution in [1.82, 2.24) is 9.38 Å². The number of carbonyl (C=O) groups is 1. The lowest BCUT2D eigenvalue weighted by molar-refractivity contribution is 0.141. The van der Waals surface area contributed by atoms with Crippen molar-refractivity contribution < 1.29 is 32.5 Å². The van der Waals surface area contributed by atoms with Gasteiger partial charge >= 0.3 is 6.16 Å². The largest absolute Gasteiger partial charge is 0.512 e. The lowest BCUT2D eigenvalue weighted by atomic mass is 10.2. The van der Waals surface area contributed by atoms with Crippen LogP contribution in [0.15, 0.2) is 28.9 Å². The highest BCUT2D eigenvalue weighted by molar-refractivity contribution is 9.10. The quantitative estimate of drug-likeness (QED) is 0.488. The Balaban J connectivity index is 2.01. The van der Waals surface area contributed by atoms with Gasteiger partial charge in [0.2, 0.25) is 5.88 Å². The van der Waals surface area contributed by atoms with E-state index in [-0.39, 0.29) is 23.0 Å². The minimum Gasteiger partial charge on any atom is -0.485 e. The van der Waals surface area contributed by atoms with Crippen molar-refractivity contribution in [3.8, 4) is 11.6 Å². The number of ether oxygens (including phenoxy) is 2. The normalized spacial score (nSPS) is 11.0. The van der Waals surface area contributed by atoms with E-state index in [2.05, 4.69) is 20.9 Å². The number of carboxylic acid groups (broad SMARTS) is 1. The third-order valence-electron chi connectivity index (χ3n) is 3.47. The number of rotatable bonds is 4. The molecule has 0 spiro atoms. The molecular weight excluding hydrogens is 421 g/mol. The molecule has 2 heterocycles. The number of benzene rings is 1. The summed E-state index contributed by atoms with van der Waals surface area (Å²) in [6.07, 6.45) is -0.0367. The molecule has 3 aromatic rings. The molecule has 6 nitrogen and oxygen atoms in total. The molecule has 0 saturated heterocycles. The zero-order valence-corrected chi connectivity index (χ0v) is 14.7. The van der Waals surface area contributed by atoms with E-state index in [1.165, 1.54) is 23.6 Å². The van der Waals surface area contributed by atoms with Gasteiger partial charge in [-0.1, -0.05) is 0 Å². The molecule has 0 unspecified atom stereocenters. The van der Waals surface area contributed by atoms with Crippen molar-refractivity contribution in [3.63, 3.8) is 0 Å². The maximum Gasteiger partial charge on any atom is 0.512 e. The average molecular weight is 431 g/mol. The Morgan fingerprint density at radius 1 is 1.31 bits per heavy atom. The smallest absolute Gasteiger partial charge is 0.485 e. The summed E-state index contributed by atoms with van der Waals surface area (Å²) < 4.78 is 52.7. The predicted molar refractivity (Wildman–Crippen MR) is 86.9 cm³/mol. The van der Waals surface area contributed by atoms with Gasteiger partial charge in [-0.3, -0.25) is 4.40 Å². The summed E-state index contributed by atoms with van der Waals surface area (Å²) in [7, 11) is 0. The maximum absolute atomic E-state index is 13.8. The van der Waals surface area contributed by atoms with Crippen LogP contribution in [0.3, 0.4) is 0 Å². The molecule has 0 aliphatic rings. The molecule has 0 saturated carbocycles. The van der Waals surface area contributed by atoms with Gasteiger partial charge in [-0.15, -0.1) is 0 Å². The van der Waals surface area contributed by atoms with Crippen LogP contribution in [0.5, 0.6) is 11.6 Å². The van der Waals surface area contributed by atoms with E-state index in [9.17, 15) is 18.0 Å². The first kappa shape index (κ1) is 18.1. The average Bonchev–Trinajstić information content (AvgIpc) is 2.87. The van der Waals surface area contributed by atoms with Gasteiger partial charge in [0.25, 0.3) is 0 Å². The zero-order valence-electron chi connectivity index (χ0n) is 13.1. The molecule has 0 atom stereocenters. The third-order valence-corrected chi connectivity index (χ3v) is 3.90. The van der Waals surface area contributed by atoms with Crippen molar-refractivity contribution in [1.29, 1.82) is 0 Å². The summed E-state index contributed by atoms with van der Waals surface area (Å²) in [6.45, 7) is 0.928. The van der Waals surface area contributed by atoms with Crippen LogP contribution in [0, 0.1) is 24.4 Å². The standard InChI is InChI=1S/C16H10BrF3N2O4/c1-7-15(26-16(23)24)22-5-8(17)4-12(14(22)21-7)25-6-9-10(18)2-3-11(19)13(9)20/h2-5H,6H2,1H3,(H,23,24). The minimum atomic E-state index is -1.53. The van der Waals surface area contributed by atoms with Gasteiger partial charge < -0.3 is 14.6 Å². The van der Waals surface area contributed by atoms with Crippen LogP contribution in [-0.4, -0.2) is 20.6 Å². The van der Waals surface area contributed by atoms with Gasteiger partial charge in [0.1, 0.15) is 18.1 Å². The molecular formula is C16H10BrF3N2O4. The molecule has 1 aromatic carbocycles. The fourth-order valence-electron chi connectivity index (χ4n) is 2.34. The first-order chi connectivity index (χ1) is 12.3. The van der Waals surface area contributed by atoms with E-state index in [0.29, 0.717) is 10.5 Å². The van der Waals surface area contributed by atoms with Crippen LogP contribution in [0.2, 0.25) is 0 Å². The molecule has 0 amide bonds. The first-order valence-corrected chi connectivity index (χ1v) is 7.91. The lowest BCUT2D eigenvalue weighted by Gasteiger charge is -2.10. The second-order valence-electron chi connectivity index (χ2n) is 5.20. The van der Waals surface area contributed by atoms with Gasteiger partial charge in [-0.2, -0.15) is 0 Å². The highest BCUT2D eigenvalue weighted by Crippen LogP contribution is 2.31. The minimum absolute atomic E-state index is 0.0539. The van der Waals surface area contributed by atoms with Gasteiger partial charge in [-0.05, 0) is 41.1 Å².